The monoisotopic (exact) mass is 486 g/mol. The summed E-state index contributed by atoms with van der Waals surface area (Å²) in [5.41, 5.74) is 1.45. The Morgan fingerprint density at radius 3 is 2.41 bits per heavy atom. The third-order valence-corrected chi connectivity index (χ3v) is 7.21. The number of halogens is 1. The van der Waals surface area contributed by atoms with Crippen molar-refractivity contribution in [2.24, 2.45) is 0 Å². The van der Waals surface area contributed by atoms with Gasteiger partial charge in [0.05, 0.1) is 7.11 Å². The number of hydrogen-bond donors (Lipinski definition) is 1. The Morgan fingerprint density at radius 2 is 1.74 bits per heavy atom. The van der Waals surface area contributed by atoms with Gasteiger partial charge in [-0.1, -0.05) is 32.0 Å². The van der Waals surface area contributed by atoms with Gasteiger partial charge in [0.15, 0.2) is 0 Å². The van der Waals surface area contributed by atoms with Crippen LogP contribution in [0.2, 0.25) is 0 Å². The fraction of sp³-hybridized carbons (Fsp3) is 0.240. The summed E-state index contributed by atoms with van der Waals surface area (Å²) in [4.78, 5) is 12.8. The van der Waals surface area contributed by atoms with E-state index in [0.717, 1.165) is 5.56 Å². The van der Waals surface area contributed by atoms with Gasteiger partial charge in [-0.3, -0.25) is 4.79 Å². The molecule has 0 aromatic heterocycles. The Labute approximate surface area is 199 Å². The Bertz CT molecular complexity index is 1260. The van der Waals surface area contributed by atoms with E-state index < -0.39 is 15.9 Å². The number of nitrogens with one attached hydrogen (secondary N) is 1. The third-order valence-electron chi connectivity index (χ3n) is 5.14. The second-order valence-corrected chi connectivity index (χ2v) is 9.26. The van der Waals surface area contributed by atoms with Crippen LogP contribution in [0, 0.1) is 5.82 Å². The molecule has 0 aliphatic carbocycles. The fourth-order valence-electron chi connectivity index (χ4n) is 3.39. The van der Waals surface area contributed by atoms with Crippen LogP contribution in [-0.2, 0) is 16.6 Å². The maximum absolute atomic E-state index is 13.3. The highest BCUT2D eigenvalue weighted by molar-refractivity contribution is 7.89. The standard InChI is InChI=1S/C25H27FN2O5S/c1-4-28(5-2)34(30,31)24-15-19(12-13-23(24)32-3)25(29)27-21-10-6-8-18(14-21)17-33-22-11-7-9-20(26)16-22/h6-16H,4-5,17H2,1-3H3,(H,27,29). The molecule has 0 unspecified atom stereocenters. The molecule has 3 rings (SSSR count). The van der Waals surface area contributed by atoms with E-state index in [9.17, 15) is 17.6 Å². The average molecular weight is 487 g/mol. The molecule has 0 atom stereocenters. The van der Waals surface area contributed by atoms with Gasteiger partial charge in [-0.2, -0.15) is 4.31 Å². The molecule has 7 nitrogen and oxygen atoms in total. The lowest BCUT2D eigenvalue weighted by Gasteiger charge is -2.20. The second kappa shape index (κ2) is 11.1. The van der Waals surface area contributed by atoms with E-state index in [2.05, 4.69) is 5.32 Å². The van der Waals surface area contributed by atoms with Gasteiger partial charge in [0.2, 0.25) is 10.0 Å². The van der Waals surface area contributed by atoms with Crippen molar-refractivity contribution >= 4 is 21.6 Å². The van der Waals surface area contributed by atoms with Gasteiger partial charge in [-0.25, -0.2) is 12.8 Å². The maximum atomic E-state index is 13.3. The van der Waals surface area contributed by atoms with E-state index in [1.165, 1.54) is 41.7 Å². The second-order valence-electron chi connectivity index (χ2n) is 7.36. The van der Waals surface area contributed by atoms with E-state index in [4.69, 9.17) is 9.47 Å². The molecule has 180 valence electrons. The lowest BCUT2D eigenvalue weighted by Crippen LogP contribution is -2.31. The largest absolute Gasteiger partial charge is 0.495 e. The average Bonchev–Trinajstić information content (AvgIpc) is 2.83. The number of sulfonamides is 1. The molecule has 0 aliphatic rings. The van der Waals surface area contributed by atoms with Crippen LogP contribution in [0.5, 0.6) is 11.5 Å². The zero-order valence-corrected chi connectivity index (χ0v) is 20.1. The van der Waals surface area contributed by atoms with E-state index in [0.29, 0.717) is 24.5 Å². The van der Waals surface area contributed by atoms with Crippen LogP contribution < -0.4 is 14.8 Å². The van der Waals surface area contributed by atoms with Gasteiger partial charge in [0.25, 0.3) is 5.91 Å². The summed E-state index contributed by atoms with van der Waals surface area (Å²) in [5.74, 6) is -0.295. The number of rotatable bonds is 10. The lowest BCUT2D eigenvalue weighted by atomic mass is 10.1. The molecule has 0 saturated heterocycles. The van der Waals surface area contributed by atoms with Gasteiger partial charge in [0, 0.05) is 30.4 Å². The zero-order chi connectivity index (χ0) is 24.7. The van der Waals surface area contributed by atoms with Crippen LogP contribution in [-0.4, -0.2) is 38.8 Å². The van der Waals surface area contributed by atoms with Crippen LogP contribution in [0.3, 0.4) is 0 Å². The Balaban J connectivity index is 1.78. The number of benzene rings is 3. The Hall–Kier alpha value is -3.43. The van der Waals surface area contributed by atoms with Crippen molar-refractivity contribution in [3.63, 3.8) is 0 Å². The first-order valence-electron chi connectivity index (χ1n) is 10.7. The first kappa shape index (κ1) is 25.2. The van der Waals surface area contributed by atoms with Crippen molar-refractivity contribution in [1.82, 2.24) is 4.31 Å². The van der Waals surface area contributed by atoms with Crippen molar-refractivity contribution in [3.8, 4) is 11.5 Å². The van der Waals surface area contributed by atoms with Crippen LogP contribution in [0.1, 0.15) is 29.8 Å². The molecule has 0 fully saturated rings. The number of nitrogens with zero attached hydrogens (tertiary/aromatic N) is 1. The quantitative estimate of drug-likeness (QED) is 0.449. The number of carbonyl (C=O) groups excluding carboxylic acids is 1. The number of ether oxygens (including phenoxy) is 2. The van der Waals surface area contributed by atoms with Crippen LogP contribution >= 0.6 is 0 Å². The molecular weight excluding hydrogens is 459 g/mol. The SMILES string of the molecule is CCN(CC)S(=O)(=O)c1cc(C(=O)Nc2cccc(COc3cccc(F)c3)c2)ccc1OC. The van der Waals surface area contributed by atoms with Gasteiger partial charge in [0.1, 0.15) is 28.8 Å². The highest BCUT2D eigenvalue weighted by Crippen LogP contribution is 2.28. The van der Waals surface area contributed by atoms with E-state index in [1.807, 2.05) is 6.07 Å². The van der Waals surface area contributed by atoms with Crippen LogP contribution in [0.25, 0.3) is 0 Å². The maximum Gasteiger partial charge on any atom is 0.255 e. The minimum Gasteiger partial charge on any atom is -0.495 e. The van der Waals surface area contributed by atoms with Crippen molar-refractivity contribution in [2.75, 3.05) is 25.5 Å². The van der Waals surface area contributed by atoms with Gasteiger partial charge in [-0.05, 0) is 48.0 Å². The minimum atomic E-state index is -3.83. The van der Waals surface area contributed by atoms with Crippen LogP contribution in [0.15, 0.2) is 71.6 Å². The molecule has 9 heteroatoms. The van der Waals surface area contributed by atoms with Crippen molar-refractivity contribution in [3.05, 3.63) is 83.7 Å². The minimum absolute atomic E-state index is 0.0661. The lowest BCUT2D eigenvalue weighted by molar-refractivity contribution is 0.102. The summed E-state index contributed by atoms with van der Waals surface area (Å²) in [7, 11) is -2.45. The first-order chi connectivity index (χ1) is 16.3. The molecule has 3 aromatic carbocycles. The Morgan fingerprint density at radius 1 is 1.00 bits per heavy atom. The fourth-order valence-corrected chi connectivity index (χ4v) is 5.03. The Kier molecular flexibility index (Phi) is 8.25. The van der Waals surface area contributed by atoms with Gasteiger partial charge in [-0.15, -0.1) is 0 Å². The van der Waals surface area contributed by atoms with E-state index >= 15 is 0 Å². The summed E-state index contributed by atoms with van der Waals surface area (Å²) < 4.78 is 51.5. The number of methoxy groups -OCH3 is 1. The summed E-state index contributed by atoms with van der Waals surface area (Å²) in [6, 6.07) is 17.1. The van der Waals surface area contributed by atoms with E-state index in [1.54, 1.807) is 44.2 Å². The number of hydrogen-bond acceptors (Lipinski definition) is 5. The van der Waals surface area contributed by atoms with Gasteiger partial charge >= 0.3 is 0 Å². The molecular formula is C25H27FN2O5S. The number of carbonyl (C=O) groups is 1. The molecule has 0 saturated carbocycles. The molecule has 34 heavy (non-hydrogen) atoms. The van der Waals surface area contributed by atoms with Gasteiger partial charge < -0.3 is 14.8 Å². The summed E-state index contributed by atoms with van der Waals surface area (Å²) in [6.07, 6.45) is 0. The normalized spacial score (nSPS) is 11.3. The van der Waals surface area contributed by atoms with Crippen LogP contribution in [0.4, 0.5) is 10.1 Å². The topological polar surface area (TPSA) is 84.9 Å². The third kappa shape index (κ3) is 5.92. The zero-order valence-electron chi connectivity index (χ0n) is 19.2. The molecule has 0 spiro atoms. The molecule has 0 radical (unpaired) electrons. The molecule has 0 aliphatic heterocycles. The molecule has 0 heterocycles. The molecule has 1 N–H and O–H groups in total. The smallest absolute Gasteiger partial charge is 0.255 e. The molecule has 0 bridgehead atoms. The van der Waals surface area contributed by atoms with Crippen molar-refractivity contribution in [1.29, 1.82) is 0 Å². The first-order valence-corrected chi connectivity index (χ1v) is 12.2. The molecule has 1 amide bonds. The predicted molar refractivity (Wildman–Crippen MR) is 128 cm³/mol. The van der Waals surface area contributed by atoms with Crippen molar-refractivity contribution < 1.29 is 27.1 Å². The summed E-state index contributed by atoms with van der Waals surface area (Å²) in [6.45, 7) is 4.26. The van der Waals surface area contributed by atoms with E-state index in [-0.39, 0.29) is 28.6 Å². The highest BCUT2D eigenvalue weighted by atomic mass is 32.2. The summed E-state index contributed by atoms with van der Waals surface area (Å²) in [5, 5.41) is 2.78. The summed E-state index contributed by atoms with van der Waals surface area (Å²) >= 11 is 0. The number of anilines is 1. The van der Waals surface area contributed by atoms with Crippen molar-refractivity contribution in [2.45, 2.75) is 25.3 Å². The number of amides is 1. The molecule has 3 aromatic rings. The predicted octanol–water partition coefficient (Wildman–Crippen LogP) is 4.70. The highest BCUT2D eigenvalue weighted by Gasteiger charge is 2.26.